The van der Waals surface area contributed by atoms with Crippen LogP contribution in [-0.2, 0) is 16.0 Å². The van der Waals surface area contributed by atoms with Crippen molar-refractivity contribution in [3.63, 3.8) is 0 Å². The van der Waals surface area contributed by atoms with E-state index in [4.69, 9.17) is 9.72 Å². The van der Waals surface area contributed by atoms with Crippen molar-refractivity contribution >= 4 is 39.9 Å². The van der Waals surface area contributed by atoms with E-state index in [1.165, 1.54) is 4.88 Å². The van der Waals surface area contributed by atoms with E-state index >= 15 is 0 Å². The lowest BCUT2D eigenvalue weighted by molar-refractivity contribution is -0.124. The molecule has 3 heterocycles. The van der Waals surface area contributed by atoms with Crippen LogP contribution in [0.2, 0.25) is 0 Å². The number of esters is 1. The molecule has 2 aromatic heterocycles. The quantitative estimate of drug-likeness (QED) is 0.606. The Morgan fingerprint density at radius 2 is 1.97 bits per heavy atom. The summed E-state index contributed by atoms with van der Waals surface area (Å²) in [5.74, 6) is -0.172. The number of rotatable bonds is 7. The SMILES string of the molecule is O=C(COC(=O)c1cc2ccccc2nc1N1CCCC1)NCCc1cccs1. The van der Waals surface area contributed by atoms with Gasteiger partial charge in [0.1, 0.15) is 11.4 Å². The van der Waals surface area contributed by atoms with E-state index in [2.05, 4.69) is 10.2 Å². The maximum Gasteiger partial charge on any atom is 0.342 e. The van der Waals surface area contributed by atoms with E-state index in [1.807, 2.05) is 47.8 Å². The summed E-state index contributed by atoms with van der Waals surface area (Å²) in [5, 5.41) is 5.68. The number of amides is 1. The fourth-order valence-electron chi connectivity index (χ4n) is 3.47. The fraction of sp³-hybridized carbons (Fsp3) is 0.318. The third kappa shape index (κ3) is 4.74. The van der Waals surface area contributed by atoms with Gasteiger partial charge in [-0.2, -0.15) is 0 Å². The Morgan fingerprint density at radius 3 is 2.76 bits per heavy atom. The maximum atomic E-state index is 12.8. The zero-order valence-corrected chi connectivity index (χ0v) is 16.9. The molecule has 7 heteroatoms. The predicted molar refractivity (Wildman–Crippen MR) is 115 cm³/mol. The summed E-state index contributed by atoms with van der Waals surface area (Å²) in [6, 6.07) is 13.5. The molecule has 1 aliphatic heterocycles. The molecule has 3 aromatic rings. The smallest absolute Gasteiger partial charge is 0.342 e. The van der Waals surface area contributed by atoms with Crippen molar-refractivity contribution in [1.29, 1.82) is 0 Å². The summed E-state index contributed by atoms with van der Waals surface area (Å²) in [7, 11) is 0. The number of hydrogen-bond acceptors (Lipinski definition) is 6. The number of fused-ring (bicyclic) bond motifs is 1. The van der Waals surface area contributed by atoms with E-state index in [9.17, 15) is 9.59 Å². The van der Waals surface area contributed by atoms with Crippen LogP contribution in [-0.4, -0.2) is 43.1 Å². The van der Waals surface area contributed by atoms with Crippen molar-refractivity contribution in [2.75, 3.05) is 31.1 Å². The van der Waals surface area contributed by atoms with Gasteiger partial charge in [0.15, 0.2) is 6.61 Å². The van der Waals surface area contributed by atoms with Crippen LogP contribution in [0, 0.1) is 0 Å². The van der Waals surface area contributed by atoms with Gasteiger partial charge in [-0.3, -0.25) is 4.79 Å². The number of nitrogens with zero attached hydrogens (tertiary/aromatic N) is 2. The number of anilines is 1. The Bertz CT molecular complexity index is 998. The molecule has 1 saturated heterocycles. The highest BCUT2D eigenvalue weighted by Crippen LogP contribution is 2.27. The molecule has 1 aliphatic rings. The van der Waals surface area contributed by atoms with Crippen LogP contribution in [0.5, 0.6) is 0 Å². The summed E-state index contributed by atoms with van der Waals surface area (Å²) in [6.07, 6.45) is 2.93. The number of hydrogen-bond donors (Lipinski definition) is 1. The molecule has 1 N–H and O–H groups in total. The van der Waals surface area contributed by atoms with Crippen molar-refractivity contribution in [3.8, 4) is 0 Å². The van der Waals surface area contributed by atoms with Crippen LogP contribution in [0.25, 0.3) is 10.9 Å². The predicted octanol–water partition coefficient (Wildman–Crippen LogP) is 3.41. The Hall–Kier alpha value is -2.93. The van der Waals surface area contributed by atoms with E-state index in [0.29, 0.717) is 17.9 Å². The van der Waals surface area contributed by atoms with Crippen LogP contribution >= 0.6 is 11.3 Å². The van der Waals surface area contributed by atoms with Crippen molar-refractivity contribution < 1.29 is 14.3 Å². The van der Waals surface area contributed by atoms with Crippen LogP contribution in [0.1, 0.15) is 28.1 Å². The second kappa shape index (κ2) is 9.05. The first kappa shape index (κ1) is 19.4. The second-order valence-corrected chi connectivity index (χ2v) is 8.03. The summed E-state index contributed by atoms with van der Waals surface area (Å²) in [6.45, 7) is 1.96. The first-order valence-corrected chi connectivity index (χ1v) is 10.7. The minimum absolute atomic E-state index is 0.296. The Morgan fingerprint density at radius 1 is 1.14 bits per heavy atom. The molecule has 29 heavy (non-hydrogen) atoms. The summed E-state index contributed by atoms with van der Waals surface area (Å²) >= 11 is 1.66. The molecule has 0 saturated carbocycles. The summed E-state index contributed by atoms with van der Waals surface area (Å²) in [5.41, 5.74) is 1.26. The molecule has 1 aromatic carbocycles. The van der Waals surface area contributed by atoms with Gasteiger partial charge in [0.25, 0.3) is 5.91 Å². The third-order valence-electron chi connectivity index (χ3n) is 4.94. The lowest BCUT2D eigenvalue weighted by Gasteiger charge is -2.20. The van der Waals surface area contributed by atoms with E-state index in [1.54, 1.807) is 11.3 Å². The van der Waals surface area contributed by atoms with Crippen LogP contribution in [0.3, 0.4) is 0 Å². The summed E-state index contributed by atoms with van der Waals surface area (Å²) < 4.78 is 5.31. The number of carbonyl (C=O) groups excluding carboxylic acids is 2. The van der Waals surface area contributed by atoms with Crippen LogP contribution < -0.4 is 10.2 Å². The Kier molecular flexibility index (Phi) is 6.05. The monoisotopic (exact) mass is 409 g/mol. The largest absolute Gasteiger partial charge is 0.452 e. The maximum absolute atomic E-state index is 12.8. The number of carbonyl (C=O) groups is 2. The molecule has 0 radical (unpaired) electrons. The lowest BCUT2D eigenvalue weighted by Crippen LogP contribution is -2.31. The average molecular weight is 410 g/mol. The van der Waals surface area contributed by atoms with Gasteiger partial charge < -0.3 is 15.0 Å². The highest BCUT2D eigenvalue weighted by molar-refractivity contribution is 7.09. The fourth-order valence-corrected chi connectivity index (χ4v) is 4.17. The minimum atomic E-state index is -0.515. The number of thiophene rings is 1. The van der Waals surface area contributed by atoms with Gasteiger partial charge in [0.2, 0.25) is 0 Å². The normalized spacial score (nSPS) is 13.6. The van der Waals surface area contributed by atoms with Crippen LogP contribution in [0.15, 0.2) is 47.8 Å². The number of para-hydroxylation sites is 1. The molecule has 0 bridgehead atoms. The molecule has 1 fully saturated rings. The van der Waals surface area contributed by atoms with Crippen molar-refractivity contribution in [2.45, 2.75) is 19.3 Å². The van der Waals surface area contributed by atoms with Crippen molar-refractivity contribution in [2.24, 2.45) is 0 Å². The van der Waals surface area contributed by atoms with Gasteiger partial charge in [-0.1, -0.05) is 24.3 Å². The average Bonchev–Trinajstić information content (AvgIpc) is 3.45. The third-order valence-corrected chi connectivity index (χ3v) is 5.87. The molecule has 150 valence electrons. The van der Waals surface area contributed by atoms with E-state index in [-0.39, 0.29) is 12.5 Å². The Balaban J connectivity index is 1.41. The number of aromatic nitrogens is 1. The van der Waals surface area contributed by atoms with Gasteiger partial charge in [0.05, 0.1) is 5.52 Å². The molecule has 0 unspecified atom stereocenters. The highest BCUT2D eigenvalue weighted by Gasteiger charge is 2.23. The standard InChI is InChI=1S/C22H23N3O3S/c26-20(23-10-9-17-7-5-13-29-17)15-28-22(27)18-14-16-6-1-2-8-19(16)24-21(18)25-11-3-4-12-25/h1-2,5-8,13-14H,3-4,9-12,15H2,(H,23,26). The van der Waals surface area contributed by atoms with Crippen LogP contribution in [0.4, 0.5) is 5.82 Å². The second-order valence-electron chi connectivity index (χ2n) is 7.00. The van der Waals surface area contributed by atoms with Gasteiger partial charge in [-0.05, 0) is 42.8 Å². The number of nitrogens with one attached hydrogen (secondary N) is 1. The summed E-state index contributed by atoms with van der Waals surface area (Å²) in [4.78, 5) is 32.8. The molecule has 0 aliphatic carbocycles. The number of ether oxygens (including phenoxy) is 1. The highest BCUT2D eigenvalue weighted by atomic mass is 32.1. The number of benzene rings is 1. The van der Waals surface area contributed by atoms with Crippen molar-refractivity contribution in [3.05, 3.63) is 58.3 Å². The molecule has 1 amide bonds. The van der Waals surface area contributed by atoms with Gasteiger partial charge in [-0.15, -0.1) is 11.3 Å². The Labute approximate surface area is 173 Å². The zero-order valence-electron chi connectivity index (χ0n) is 16.1. The minimum Gasteiger partial charge on any atom is -0.452 e. The first-order valence-electron chi connectivity index (χ1n) is 9.81. The first-order chi connectivity index (χ1) is 14.2. The molecule has 0 atom stereocenters. The zero-order chi connectivity index (χ0) is 20.1. The van der Waals surface area contributed by atoms with Gasteiger partial charge in [-0.25, -0.2) is 9.78 Å². The molecule has 0 spiro atoms. The van der Waals surface area contributed by atoms with Gasteiger partial charge >= 0.3 is 5.97 Å². The van der Waals surface area contributed by atoms with E-state index in [0.717, 1.165) is 43.3 Å². The lowest BCUT2D eigenvalue weighted by atomic mass is 10.1. The molecular weight excluding hydrogens is 386 g/mol. The van der Waals surface area contributed by atoms with Crippen molar-refractivity contribution in [1.82, 2.24) is 10.3 Å². The van der Waals surface area contributed by atoms with Gasteiger partial charge in [0, 0.05) is 29.9 Å². The number of pyridine rings is 1. The molecular formula is C22H23N3O3S. The molecule has 4 rings (SSSR count). The van der Waals surface area contributed by atoms with E-state index < -0.39 is 5.97 Å². The topological polar surface area (TPSA) is 71.5 Å². The molecule has 6 nitrogen and oxygen atoms in total.